The molecule has 0 aliphatic carbocycles. The van der Waals surface area contributed by atoms with Gasteiger partial charge >= 0.3 is 5.97 Å². The Kier molecular flexibility index (Phi) is 4.85. The van der Waals surface area contributed by atoms with Gasteiger partial charge in [-0.05, 0) is 48.4 Å². The Labute approximate surface area is 141 Å². The largest absolute Gasteiger partial charge is 0.497 e. The van der Waals surface area contributed by atoms with Crippen LogP contribution in [0.25, 0.3) is 11.8 Å². The highest BCUT2D eigenvalue weighted by Crippen LogP contribution is 2.33. The lowest BCUT2D eigenvalue weighted by Gasteiger charge is -2.05. The van der Waals surface area contributed by atoms with E-state index in [0.717, 1.165) is 36.3 Å². The Morgan fingerprint density at radius 2 is 1.79 bits per heavy atom. The molecule has 24 heavy (non-hydrogen) atoms. The van der Waals surface area contributed by atoms with E-state index in [-0.39, 0.29) is 5.97 Å². The molecule has 0 aromatic heterocycles. The van der Waals surface area contributed by atoms with Crippen molar-refractivity contribution in [1.82, 2.24) is 0 Å². The summed E-state index contributed by atoms with van der Waals surface area (Å²) in [5.41, 5.74) is 2.26. The minimum atomic E-state index is -0.352. The molecule has 0 fully saturated rings. The Morgan fingerprint density at radius 1 is 1.04 bits per heavy atom. The fourth-order valence-corrected chi connectivity index (χ4v) is 2.50. The maximum atomic E-state index is 12.0. The van der Waals surface area contributed by atoms with Gasteiger partial charge in [-0.1, -0.05) is 25.5 Å². The quantitative estimate of drug-likeness (QED) is 0.578. The zero-order valence-corrected chi connectivity index (χ0v) is 13.9. The summed E-state index contributed by atoms with van der Waals surface area (Å²) in [6, 6.07) is 13.1. The van der Waals surface area contributed by atoms with Crippen molar-refractivity contribution in [2.45, 2.75) is 19.8 Å². The van der Waals surface area contributed by atoms with Crippen molar-refractivity contribution in [3.8, 4) is 11.5 Å². The van der Waals surface area contributed by atoms with Gasteiger partial charge in [-0.15, -0.1) is 0 Å². The highest BCUT2D eigenvalue weighted by Gasteiger charge is 2.26. The Hall–Kier alpha value is -2.75. The van der Waals surface area contributed by atoms with Gasteiger partial charge in [0.25, 0.3) is 0 Å². The molecule has 1 aliphatic heterocycles. The highest BCUT2D eigenvalue weighted by molar-refractivity contribution is 6.06. The minimum Gasteiger partial charge on any atom is -0.497 e. The second-order valence-corrected chi connectivity index (χ2v) is 5.58. The number of fused-ring (bicyclic) bond motifs is 1. The van der Waals surface area contributed by atoms with Gasteiger partial charge in [-0.2, -0.15) is 0 Å². The second kappa shape index (κ2) is 7.21. The lowest BCUT2D eigenvalue weighted by molar-refractivity contribution is 0.0717. The van der Waals surface area contributed by atoms with Crippen LogP contribution in [0.2, 0.25) is 0 Å². The van der Waals surface area contributed by atoms with E-state index in [4.69, 9.17) is 14.2 Å². The number of cyclic esters (lactones) is 1. The second-order valence-electron chi connectivity index (χ2n) is 5.58. The Morgan fingerprint density at radius 3 is 2.50 bits per heavy atom. The fourth-order valence-electron chi connectivity index (χ4n) is 2.50. The monoisotopic (exact) mass is 324 g/mol. The third-order valence-corrected chi connectivity index (χ3v) is 3.86. The van der Waals surface area contributed by atoms with E-state index in [2.05, 4.69) is 6.92 Å². The number of unbranched alkanes of at least 4 members (excludes halogenated alkanes) is 1. The number of benzene rings is 2. The van der Waals surface area contributed by atoms with Crippen LogP contribution in [0.1, 0.15) is 41.3 Å². The summed E-state index contributed by atoms with van der Waals surface area (Å²) >= 11 is 0. The van der Waals surface area contributed by atoms with Crippen LogP contribution in [0, 0.1) is 0 Å². The van der Waals surface area contributed by atoms with Crippen LogP contribution >= 0.6 is 0 Å². The molecule has 3 rings (SSSR count). The highest BCUT2D eigenvalue weighted by atomic mass is 16.5. The first-order valence-electron chi connectivity index (χ1n) is 8.06. The van der Waals surface area contributed by atoms with Gasteiger partial charge in [0.15, 0.2) is 0 Å². The first-order valence-corrected chi connectivity index (χ1v) is 8.06. The maximum Gasteiger partial charge on any atom is 0.344 e. The number of esters is 1. The summed E-state index contributed by atoms with van der Waals surface area (Å²) in [6.07, 6.45) is 4.01. The van der Waals surface area contributed by atoms with E-state index in [0.29, 0.717) is 17.1 Å². The number of carbonyl (C=O) groups excluding carboxylic acids is 1. The van der Waals surface area contributed by atoms with Crippen molar-refractivity contribution in [1.29, 1.82) is 0 Å². The number of rotatable bonds is 6. The normalized spacial score (nSPS) is 14.4. The van der Waals surface area contributed by atoms with E-state index in [1.54, 1.807) is 13.2 Å². The van der Waals surface area contributed by atoms with Crippen LogP contribution < -0.4 is 9.47 Å². The molecule has 0 spiro atoms. The first-order chi connectivity index (χ1) is 11.7. The summed E-state index contributed by atoms with van der Waals surface area (Å²) in [5, 5.41) is 0. The number of hydrogen-bond acceptors (Lipinski definition) is 4. The van der Waals surface area contributed by atoms with E-state index in [1.165, 1.54) is 0 Å². The Balaban J connectivity index is 1.79. The molecule has 4 heteroatoms. The molecule has 0 atom stereocenters. The molecular weight excluding hydrogens is 304 g/mol. The van der Waals surface area contributed by atoms with Gasteiger partial charge in [0.1, 0.15) is 17.3 Å². The summed E-state index contributed by atoms with van der Waals surface area (Å²) < 4.78 is 16.2. The third kappa shape index (κ3) is 3.43. The van der Waals surface area contributed by atoms with E-state index < -0.39 is 0 Å². The average Bonchev–Trinajstić information content (AvgIpc) is 2.92. The standard InChI is InChI=1S/C20H20O4/c1-3-4-11-23-15-7-5-14(6-8-15)12-19-17-10-9-16(22-2)13-18(17)20(21)24-19/h5-10,12-13H,3-4,11H2,1-2H3. The molecule has 0 saturated carbocycles. The summed E-state index contributed by atoms with van der Waals surface area (Å²) in [4.78, 5) is 12.0. The van der Waals surface area contributed by atoms with Crippen LogP contribution in [0.4, 0.5) is 0 Å². The van der Waals surface area contributed by atoms with Crippen molar-refractivity contribution in [3.05, 3.63) is 59.2 Å². The summed E-state index contributed by atoms with van der Waals surface area (Å²) in [5.74, 6) is 1.69. The number of ether oxygens (including phenoxy) is 3. The van der Waals surface area contributed by atoms with Gasteiger partial charge in [-0.25, -0.2) is 4.79 Å². The van der Waals surface area contributed by atoms with Crippen molar-refractivity contribution < 1.29 is 19.0 Å². The molecule has 124 valence electrons. The molecule has 0 amide bonds. The average molecular weight is 324 g/mol. The predicted octanol–water partition coefficient (Wildman–Crippen LogP) is 4.54. The molecule has 0 unspecified atom stereocenters. The third-order valence-electron chi connectivity index (χ3n) is 3.86. The molecule has 2 aromatic carbocycles. The van der Waals surface area contributed by atoms with E-state index >= 15 is 0 Å². The molecule has 2 aromatic rings. The van der Waals surface area contributed by atoms with E-state index in [9.17, 15) is 4.79 Å². The zero-order valence-electron chi connectivity index (χ0n) is 13.9. The smallest absolute Gasteiger partial charge is 0.344 e. The lowest BCUT2D eigenvalue weighted by Crippen LogP contribution is -1.95. The first kappa shape index (κ1) is 16.1. The topological polar surface area (TPSA) is 44.8 Å². The number of methoxy groups -OCH3 is 1. The number of hydrogen-bond donors (Lipinski definition) is 0. The van der Waals surface area contributed by atoms with Crippen LogP contribution in [0.5, 0.6) is 11.5 Å². The van der Waals surface area contributed by atoms with Crippen LogP contribution in [-0.4, -0.2) is 19.7 Å². The van der Waals surface area contributed by atoms with Gasteiger partial charge in [0.05, 0.1) is 19.3 Å². The van der Waals surface area contributed by atoms with Crippen molar-refractivity contribution in [2.75, 3.05) is 13.7 Å². The van der Waals surface area contributed by atoms with Gasteiger partial charge < -0.3 is 14.2 Å². The molecule has 1 heterocycles. The fraction of sp³-hybridized carbons (Fsp3) is 0.250. The molecule has 0 saturated heterocycles. The molecule has 0 bridgehead atoms. The van der Waals surface area contributed by atoms with Gasteiger partial charge in [-0.3, -0.25) is 0 Å². The molecule has 4 nitrogen and oxygen atoms in total. The van der Waals surface area contributed by atoms with Gasteiger partial charge in [0.2, 0.25) is 0 Å². The zero-order chi connectivity index (χ0) is 16.9. The molecular formula is C20H20O4. The maximum absolute atomic E-state index is 12.0. The van der Waals surface area contributed by atoms with E-state index in [1.807, 2.05) is 42.5 Å². The SMILES string of the molecule is CCCCOc1ccc(C=C2OC(=O)c3cc(OC)ccc32)cc1. The molecule has 0 N–H and O–H groups in total. The van der Waals surface area contributed by atoms with Gasteiger partial charge in [0, 0.05) is 5.56 Å². The van der Waals surface area contributed by atoms with Crippen LogP contribution in [0.3, 0.4) is 0 Å². The van der Waals surface area contributed by atoms with Crippen LogP contribution in [0.15, 0.2) is 42.5 Å². The van der Waals surface area contributed by atoms with Crippen molar-refractivity contribution in [3.63, 3.8) is 0 Å². The van der Waals surface area contributed by atoms with Crippen molar-refractivity contribution in [2.24, 2.45) is 0 Å². The lowest BCUT2D eigenvalue weighted by atomic mass is 10.1. The minimum absolute atomic E-state index is 0.352. The molecule has 0 radical (unpaired) electrons. The summed E-state index contributed by atoms with van der Waals surface area (Å²) in [7, 11) is 1.57. The Bertz CT molecular complexity index is 760. The summed E-state index contributed by atoms with van der Waals surface area (Å²) in [6.45, 7) is 2.86. The molecule has 1 aliphatic rings. The predicted molar refractivity (Wildman–Crippen MR) is 93.1 cm³/mol. The van der Waals surface area contributed by atoms with Crippen LogP contribution in [-0.2, 0) is 4.74 Å². The number of carbonyl (C=O) groups is 1. The van der Waals surface area contributed by atoms with Crippen molar-refractivity contribution >= 4 is 17.8 Å².